The Balaban J connectivity index is 2.32. The van der Waals surface area contributed by atoms with E-state index >= 15 is 0 Å². The van der Waals surface area contributed by atoms with Crippen molar-refractivity contribution in [3.8, 4) is 5.75 Å². The van der Waals surface area contributed by atoms with Crippen LogP contribution in [0.25, 0.3) is 10.9 Å². The van der Waals surface area contributed by atoms with Crippen molar-refractivity contribution in [2.24, 2.45) is 0 Å². The van der Waals surface area contributed by atoms with Crippen LogP contribution in [0.4, 0.5) is 17.6 Å². The third-order valence-corrected chi connectivity index (χ3v) is 4.92. The maximum atomic E-state index is 14.9. The summed E-state index contributed by atoms with van der Waals surface area (Å²) in [6.45, 7) is 6.05. The van der Waals surface area contributed by atoms with Crippen molar-refractivity contribution >= 4 is 22.8 Å². The number of benzene rings is 2. The summed E-state index contributed by atoms with van der Waals surface area (Å²) in [7, 11) is 0. The SMILES string of the molecule is Cc1c([C@H](C)C(=O)OC(C)C)c2c(F)c(O)c(F)cc2n1C(=O)c1ccc(F)c(F)c1. The van der Waals surface area contributed by atoms with E-state index in [4.69, 9.17) is 4.74 Å². The molecule has 0 aliphatic rings. The van der Waals surface area contributed by atoms with Crippen LogP contribution in [0.1, 0.15) is 48.3 Å². The lowest BCUT2D eigenvalue weighted by Gasteiger charge is -2.15. The second kappa shape index (κ2) is 8.05. The number of aromatic nitrogens is 1. The van der Waals surface area contributed by atoms with Crippen LogP contribution in [0.5, 0.6) is 5.75 Å². The van der Waals surface area contributed by atoms with Gasteiger partial charge in [0.25, 0.3) is 5.91 Å². The molecule has 0 saturated carbocycles. The molecule has 5 nitrogen and oxygen atoms in total. The van der Waals surface area contributed by atoms with Crippen LogP contribution < -0.4 is 0 Å². The fourth-order valence-corrected chi connectivity index (χ4v) is 3.51. The average molecular weight is 437 g/mol. The monoisotopic (exact) mass is 437 g/mol. The van der Waals surface area contributed by atoms with Gasteiger partial charge in [0.15, 0.2) is 29.0 Å². The molecule has 3 rings (SSSR count). The molecule has 31 heavy (non-hydrogen) atoms. The van der Waals surface area contributed by atoms with E-state index in [0.717, 1.165) is 22.8 Å². The molecule has 0 aliphatic carbocycles. The molecule has 1 aromatic heterocycles. The second-order valence-electron chi connectivity index (χ2n) is 7.39. The summed E-state index contributed by atoms with van der Waals surface area (Å²) >= 11 is 0. The van der Waals surface area contributed by atoms with Crippen LogP contribution in [0, 0.1) is 30.2 Å². The summed E-state index contributed by atoms with van der Waals surface area (Å²) < 4.78 is 62.0. The lowest BCUT2D eigenvalue weighted by molar-refractivity contribution is -0.148. The van der Waals surface area contributed by atoms with Crippen molar-refractivity contribution in [1.29, 1.82) is 0 Å². The molecule has 0 spiro atoms. The number of carbonyl (C=O) groups is 2. The van der Waals surface area contributed by atoms with Gasteiger partial charge in [-0.05, 0) is 51.5 Å². The topological polar surface area (TPSA) is 68.5 Å². The summed E-state index contributed by atoms with van der Waals surface area (Å²) in [5.74, 6) is -9.09. The quantitative estimate of drug-likeness (QED) is 0.463. The highest BCUT2D eigenvalue weighted by Gasteiger charge is 2.31. The van der Waals surface area contributed by atoms with Crippen LogP contribution in [-0.2, 0) is 9.53 Å². The molecule has 1 atom stereocenters. The second-order valence-corrected chi connectivity index (χ2v) is 7.39. The van der Waals surface area contributed by atoms with E-state index in [0.29, 0.717) is 6.07 Å². The average Bonchev–Trinajstić information content (AvgIpc) is 2.98. The van der Waals surface area contributed by atoms with Gasteiger partial charge in [-0.25, -0.2) is 17.6 Å². The number of halogens is 4. The maximum Gasteiger partial charge on any atom is 0.313 e. The smallest absolute Gasteiger partial charge is 0.313 e. The van der Waals surface area contributed by atoms with Crippen LogP contribution in [0.15, 0.2) is 24.3 Å². The largest absolute Gasteiger partial charge is 0.503 e. The molecule has 1 N–H and O–H groups in total. The summed E-state index contributed by atoms with van der Waals surface area (Å²) in [5.41, 5.74) is -0.498. The van der Waals surface area contributed by atoms with E-state index in [9.17, 15) is 32.3 Å². The van der Waals surface area contributed by atoms with Crippen LogP contribution in [0.2, 0.25) is 0 Å². The minimum Gasteiger partial charge on any atom is -0.503 e. The Kier molecular flexibility index (Phi) is 5.80. The summed E-state index contributed by atoms with van der Waals surface area (Å²) in [6.07, 6.45) is -0.469. The highest BCUT2D eigenvalue weighted by Crippen LogP contribution is 2.39. The molecule has 164 valence electrons. The van der Waals surface area contributed by atoms with Gasteiger partial charge in [0, 0.05) is 22.7 Å². The van der Waals surface area contributed by atoms with Crippen molar-refractivity contribution in [3.63, 3.8) is 0 Å². The zero-order valence-corrected chi connectivity index (χ0v) is 17.1. The first-order valence-electron chi connectivity index (χ1n) is 9.37. The van der Waals surface area contributed by atoms with Gasteiger partial charge in [0.2, 0.25) is 0 Å². The van der Waals surface area contributed by atoms with Gasteiger partial charge in [0.05, 0.1) is 17.5 Å². The standard InChI is InChI=1S/C22H19F4NO4/c1-9(2)31-22(30)10(3)17-11(4)27(16-8-15(25)20(28)19(26)18(16)17)21(29)12-5-6-13(23)14(24)7-12/h5-10,28H,1-4H3/t10-/m0/s1. The van der Waals surface area contributed by atoms with Crippen LogP contribution in [0.3, 0.4) is 0 Å². The first-order valence-corrected chi connectivity index (χ1v) is 9.37. The fourth-order valence-electron chi connectivity index (χ4n) is 3.51. The third kappa shape index (κ3) is 3.75. The van der Waals surface area contributed by atoms with Gasteiger partial charge in [-0.15, -0.1) is 0 Å². The fraction of sp³-hybridized carbons (Fsp3) is 0.273. The number of hydrogen-bond acceptors (Lipinski definition) is 4. The highest BCUT2D eigenvalue weighted by molar-refractivity contribution is 6.05. The Morgan fingerprint density at radius 2 is 1.65 bits per heavy atom. The number of carbonyl (C=O) groups excluding carboxylic acids is 2. The number of phenolic OH excluding ortho intramolecular Hbond substituents is 1. The molecular weight excluding hydrogens is 418 g/mol. The van der Waals surface area contributed by atoms with Crippen LogP contribution >= 0.6 is 0 Å². The van der Waals surface area contributed by atoms with E-state index in [1.165, 1.54) is 13.8 Å². The Hall–Kier alpha value is -3.36. The predicted octanol–water partition coefficient (Wildman–Crippen LogP) is 4.96. The van der Waals surface area contributed by atoms with Crippen LogP contribution in [-0.4, -0.2) is 27.7 Å². The Labute approximate surface area is 174 Å². The van der Waals surface area contributed by atoms with Crippen molar-refractivity contribution < 1.29 is 37.0 Å². The number of phenols is 1. The first-order chi connectivity index (χ1) is 14.5. The number of rotatable bonds is 4. The molecule has 0 amide bonds. The Bertz CT molecular complexity index is 1220. The molecule has 0 aliphatic heterocycles. The predicted molar refractivity (Wildman–Crippen MR) is 104 cm³/mol. The normalized spacial score (nSPS) is 12.4. The third-order valence-electron chi connectivity index (χ3n) is 4.92. The number of ether oxygens (including phenoxy) is 1. The van der Waals surface area contributed by atoms with Crippen molar-refractivity contribution in [3.05, 3.63) is 64.4 Å². The Morgan fingerprint density at radius 1 is 1.00 bits per heavy atom. The van der Waals surface area contributed by atoms with Crippen molar-refractivity contribution in [2.75, 3.05) is 0 Å². The zero-order chi connectivity index (χ0) is 23.2. The van der Waals surface area contributed by atoms with Gasteiger partial charge < -0.3 is 9.84 Å². The van der Waals surface area contributed by atoms with E-state index in [1.54, 1.807) is 13.8 Å². The Morgan fingerprint density at radius 3 is 2.23 bits per heavy atom. The van der Waals surface area contributed by atoms with Gasteiger partial charge in [-0.1, -0.05) is 0 Å². The zero-order valence-electron chi connectivity index (χ0n) is 17.1. The first kappa shape index (κ1) is 22.3. The molecule has 0 radical (unpaired) electrons. The number of fused-ring (bicyclic) bond motifs is 1. The van der Waals surface area contributed by atoms with Gasteiger partial charge >= 0.3 is 5.97 Å². The molecule has 3 aromatic rings. The number of aromatic hydroxyl groups is 1. The van der Waals surface area contributed by atoms with Gasteiger partial charge in [0.1, 0.15) is 0 Å². The maximum absolute atomic E-state index is 14.9. The number of esters is 1. The molecule has 0 fully saturated rings. The summed E-state index contributed by atoms with van der Waals surface area (Å²) in [6, 6.07) is 3.17. The number of nitrogens with zero attached hydrogens (tertiary/aromatic N) is 1. The lowest BCUT2D eigenvalue weighted by Crippen LogP contribution is -2.19. The summed E-state index contributed by atoms with van der Waals surface area (Å²) in [4.78, 5) is 25.6. The van der Waals surface area contributed by atoms with Crippen molar-refractivity contribution in [2.45, 2.75) is 39.7 Å². The van der Waals surface area contributed by atoms with E-state index in [-0.39, 0.29) is 27.7 Å². The minimum absolute atomic E-state index is 0.00406. The molecule has 0 bridgehead atoms. The molecule has 0 saturated heterocycles. The molecule has 9 heteroatoms. The van der Waals surface area contributed by atoms with Crippen molar-refractivity contribution in [1.82, 2.24) is 4.57 Å². The van der Waals surface area contributed by atoms with Gasteiger partial charge in [-0.2, -0.15) is 0 Å². The molecule has 1 heterocycles. The van der Waals surface area contributed by atoms with E-state index in [2.05, 4.69) is 0 Å². The highest BCUT2D eigenvalue weighted by atomic mass is 19.2. The minimum atomic E-state index is -1.35. The van der Waals surface area contributed by atoms with Gasteiger partial charge in [-0.3, -0.25) is 14.2 Å². The number of hydrogen-bond donors (Lipinski definition) is 1. The molecular formula is C22H19F4NO4. The van der Waals surface area contributed by atoms with E-state index in [1.807, 2.05) is 0 Å². The molecule has 0 unspecified atom stereocenters. The summed E-state index contributed by atoms with van der Waals surface area (Å²) in [5, 5.41) is 9.42. The molecule has 2 aromatic carbocycles. The lowest BCUT2D eigenvalue weighted by atomic mass is 9.97. The van der Waals surface area contributed by atoms with E-state index < -0.39 is 52.9 Å².